The Bertz CT molecular complexity index is 582. The Morgan fingerprint density at radius 3 is 2.68 bits per heavy atom. The molecule has 1 aromatic carbocycles. The topological polar surface area (TPSA) is 44.1 Å². The largest absolute Gasteiger partial charge is 0.497 e. The molecular weight excluding hydrogens is 240 g/mol. The van der Waals surface area contributed by atoms with E-state index in [1.807, 2.05) is 17.8 Å². The smallest absolute Gasteiger partial charge is 0.185 e. The second-order valence-electron chi connectivity index (χ2n) is 4.06. The summed E-state index contributed by atoms with van der Waals surface area (Å²) in [5, 5.41) is 4.15. The van der Waals surface area contributed by atoms with E-state index in [1.165, 1.54) is 0 Å². The molecule has 1 heterocycles. The highest BCUT2D eigenvalue weighted by molar-refractivity contribution is 6.06. The molecule has 2 aromatic rings. The number of nitrogens with zero attached hydrogens (tertiary/aromatic N) is 2. The molecule has 0 amide bonds. The molecule has 98 valence electrons. The van der Waals surface area contributed by atoms with Crippen molar-refractivity contribution in [3.8, 4) is 5.75 Å². The minimum absolute atomic E-state index is 0.0353. The van der Waals surface area contributed by atoms with E-state index in [0.29, 0.717) is 5.56 Å². The lowest BCUT2D eigenvalue weighted by atomic mass is 10.1. The van der Waals surface area contributed by atoms with Crippen LogP contribution in [0.5, 0.6) is 5.75 Å². The Balaban J connectivity index is 2.07. The molecule has 0 spiro atoms. The first-order chi connectivity index (χ1) is 9.22. The average Bonchev–Trinajstić information content (AvgIpc) is 2.93. The fourth-order valence-corrected chi connectivity index (χ4v) is 1.66. The molecule has 0 atom stereocenters. The molecular formula is C15H16N2O2. The van der Waals surface area contributed by atoms with Crippen LogP contribution < -0.4 is 4.74 Å². The third-order valence-corrected chi connectivity index (χ3v) is 2.78. The fourth-order valence-electron chi connectivity index (χ4n) is 1.66. The number of hydrogen-bond donors (Lipinski definition) is 0. The molecule has 19 heavy (non-hydrogen) atoms. The summed E-state index contributed by atoms with van der Waals surface area (Å²) < 4.78 is 6.87. The van der Waals surface area contributed by atoms with Gasteiger partial charge in [-0.1, -0.05) is 0 Å². The fraction of sp³-hybridized carbons (Fsp3) is 0.200. The molecule has 0 radical (unpaired) electrons. The lowest BCUT2D eigenvalue weighted by Crippen LogP contribution is -1.94. The third-order valence-electron chi connectivity index (χ3n) is 2.78. The summed E-state index contributed by atoms with van der Waals surface area (Å²) in [6.45, 7) is 2.84. The lowest BCUT2D eigenvalue weighted by Gasteiger charge is -1.99. The van der Waals surface area contributed by atoms with E-state index in [4.69, 9.17) is 4.74 Å². The zero-order valence-corrected chi connectivity index (χ0v) is 11.0. The van der Waals surface area contributed by atoms with Crippen molar-refractivity contribution in [2.45, 2.75) is 13.5 Å². The molecule has 0 fully saturated rings. The minimum atomic E-state index is -0.0353. The third kappa shape index (κ3) is 3.31. The Hall–Kier alpha value is -2.36. The number of rotatable bonds is 5. The Kier molecular flexibility index (Phi) is 4.13. The van der Waals surface area contributed by atoms with Crippen LogP contribution in [-0.4, -0.2) is 22.7 Å². The predicted octanol–water partition coefficient (Wildman–Crippen LogP) is 2.81. The summed E-state index contributed by atoms with van der Waals surface area (Å²) in [7, 11) is 1.60. The van der Waals surface area contributed by atoms with Gasteiger partial charge in [-0.25, -0.2) is 0 Å². The van der Waals surface area contributed by atoms with Crippen molar-refractivity contribution in [2.75, 3.05) is 7.11 Å². The van der Waals surface area contributed by atoms with Crippen LogP contribution >= 0.6 is 0 Å². The number of benzene rings is 1. The average molecular weight is 256 g/mol. The monoisotopic (exact) mass is 256 g/mol. The van der Waals surface area contributed by atoms with E-state index in [9.17, 15) is 4.79 Å². The van der Waals surface area contributed by atoms with E-state index in [-0.39, 0.29) is 5.78 Å². The van der Waals surface area contributed by atoms with Gasteiger partial charge in [0, 0.05) is 23.9 Å². The maximum absolute atomic E-state index is 11.9. The van der Waals surface area contributed by atoms with Crippen LogP contribution in [0.25, 0.3) is 6.08 Å². The minimum Gasteiger partial charge on any atom is -0.497 e. The molecule has 0 bridgehead atoms. The Labute approximate surface area is 112 Å². The quantitative estimate of drug-likeness (QED) is 0.610. The number of aryl methyl sites for hydroxylation is 1. The summed E-state index contributed by atoms with van der Waals surface area (Å²) in [5.41, 5.74) is 1.56. The van der Waals surface area contributed by atoms with E-state index < -0.39 is 0 Å². The first-order valence-corrected chi connectivity index (χ1v) is 6.12. The summed E-state index contributed by atoms with van der Waals surface area (Å²) in [5.74, 6) is 0.705. The van der Waals surface area contributed by atoms with Crippen LogP contribution in [0.2, 0.25) is 0 Å². The van der Waals surface area contributed by atoms with Gasteiger partial charge in [-0.3, -0.25) is 9.48 Å². The normalized spacial score (nSPS) is 10.8. The number of carbonyl (C=O) groups is 1. The number of ketones is 1. The van der Waals surface area contributed by atoms with Crippen molar-refractivity contribution in [2.24, 2.45) is 0 Å². The first-order valence-electron chi connectivity index (χ1n) is 6.12. The first kappa shape index (κ1) is 13.1. The molecule has 4 heteroatoms. The van der Waals surface area contributed by atoms with E-state index in [2.05, 4.69) is 5.10 Å². The molecule has 0 aliphatic rings. The number of hydrogen-bond acceptors (Lipinski definition) is 3. The van der Waals surface area contributed by atoms with Gasteiger partial charge in [0.15, 0.2) is 5.78 Å². The predicted molar refractivity (Wildman–Crippen MR) is 74.3 cm³/mol. The highest BCUT2D eigenvalue weighted by Gasteiger charge is 2.02. The second-order valence-corrected chi connectivity index (χ2v) is 4.06. The van der Waals surface area contributed by atoms with Crippen molar-refractivity contribution in [3.05, 3.63) is 53.9 Å². The van der Waals surface area contributed by atoms with E-state index >= 15 is 0 Å². The molecule has 4 nitrogen and oxygen atoms in total. The van der Waals surface area contributed by atoms with Crippen LogP contribution in [0.3, 0.4) is 0 Å². The second kappa shape index (κ2) is 6.00. The van der Waals surface area contributed by atoms with Gasteiger partial charge in [0.25, 0.3) is 0 Å². The molecule has 0 unspecified atom stereocenters. The summed E-state index contributed by atoms with van der Waals surface area (Å²) >= 11 is 0. The molecule has 0 saturated heterocycles. The molecule has 0 aliphatic carbocycles. The van der Waals surface area contributed by atoms with Gasteiger partial charge in [0.1, 0.15) is 5.75 Å². The zero-order valence-electron chi connectivity index (χ0n) is 11.0. The van der Waals surface area contributed by atoms with Crippen LogP contribution in [0.1, 0.15) is 22.8 Å². The van der Waals surface area contributed by atoms with Crippen molar-refractivity contribution in [1.82, 2.24) is 9.78 Å². The molecule has 1 aromatic heterocycles. The number of methoxy groups -OCH3 is 1. The molecule has 0 N–H and O–H groups in total. The molecule has 0 aliphatic heterocycles. The highest BCUT2D eigenvalue weighted by Crippen LogP contribution is 2.12. The van der Waals surface area contributed by atoms with Gasteiger partial charge < -0.3 is 4.74 Å². The highest BCUT2D eigenvalue weighted by atomic mass is 16.5. The maximum atomic E-state index is 11.9. The van der Waals surface area contributed by atoms with Crippen LogP contribution in [0, 0.1) is 0 Å². The summed E-state index contributed by atoms with van der Waals surface area (Å²) in [6, 6.07) is 7.05. The van der Waals surface area contributed by atoms with Gasteiger partial charge in [-0.2, -0.15) is 5.10 Å². The van der Waals surface area contributed by atoms with Crippen LogP contribution in [0.4, 0.5) is 0 Å². The van der Waals surface area contributed by atoms with Gasteiger partial charge >= 0.3 is 0 Å². The van der Waals surface area contributed by atoms with Crippen molar-refractivity contribution < 1.29 is 9.53 Å². The van der Waals surface area contributed by atoms with Crippen LogP contribution in [-0.2, 0) is 6.54 Å². The number of aromatic nitrogens is 2. The van der Waals surface area contributed by atoms with Crippen LogP contribution in [0.15, 0.2) is 42.7 Å². The zero-order chi connectivity index (χ0) is 13.7. The summed E-state index contributed by atoms with van der Waals surface area (Å²) in [6.07, 6.45) is 6.96. The lowest BCUT2D eigenvalue weighted by molar-refractivity contribution is 0.104. The number of ether oxygens (including phenoxy) is 1. The standard InChI is InChI=1S/C15H16N2O2/c1-3-17-11-12(10-16-17)4-9-15(18)13-5-7-14(19-2)8-6-13/h4-11H,3H2,1-2H3/b9-4-. The molecule has 0 saturated carbocycles. The maximum Gasteiger partial charge on any atom is 0.185 e. The number of allylic oxidation sites excluding steroid dienone is 1. The Morgan fingerprint density at radius 2 is 2.11 bits per heavy atom. The van der Waals surface area contributed by atoms with Gasteiger partial charge in [0.2, 0.25) is 0 Å². The van der Waals surface area contributed by atoms with Crippen molar-refractivity contribution >= 4 is 11.9 Å². The van der Waals surface area contributed by atoms with Crippen molar-refractivity contribution in [3.63, 3.8) is 0 Å². The van der Waals surface area contributed by atoms with Gasteiger partial charge in [-0.15, -0.1) is 0 Å². The SMILES string of the molecule is CCn1cc(/C=C\C(=O)c2ccc(OC)cc2)cn1. The molecule has 2 rings (SSSR count). The van der Waals surface area contributed by atoms with Gasteiger partial charge in [0.05, 0.1) is 13.3 Å². The summed E-state index contributed by atoms with van der Waals surface area (Å²) in [4.78, 5) is 11.9. The van der Waals surface area contributed by atoms with E-state index in [1.54, 1.807) is 49.7 Å². The van der Waals surface area contributed by atoms with Crippen molar-refractivity contribution in [1.29, 1.82) is 0 Å². The van der Waals surface area contributed by atoms with E-state index in [0.717, 1.165) is 17.9 Å². The number of carbonyl (C=O) groups excluding carboxylic acids is 1. The van der Waals surface area contributed by atoms with Gasteiger partial charge in [-0.05, 0) is 43.3 Å². The Morgan fingerprint density at radius 1 is 1.37 bits per heavy atom.